The summed E-state index contributed by atoms with van der Waals surface area (Å²) < 4.78 is 20.1. The van der Waals surface area contributed by atoms with Crippen molar-refractivity contribution in [2.75, 3.05) is 7.11 Å². The number of ether oxygens (including phenoxy) is 1. The van der Waals surface area contributed by atoms with E-state index in [1.165, 1.54) is 17.7 Å². The highest BCUT2D eigenvalue weighted by atomic mass is 19.1. The van der Waals surface area contributed by atoms with Gasteiger partial charge in [0.2, 0.25) is 18.1 Å². The van der Waals surface area contributed by atoms with E-state index in [2.05, 4.69) is 15.6 Å². The van der Waals surface area contributed by atoms with Crippen molar-refractivity contribution in [2.45, 2.75) is 51.2 Å². The van der Waals surface area contributed by atoms with Crippen LogP contribution in [-0.4, -0.2) is 34.9 Å². The van der Waals surface area contributed by atoms with Crippen LogP contribution < -0.4 is 26.7 Å². The van der Waals surface area contributed by atoms with Gasteiger partial charge in [-0.25, -0.2) is 9.37 Å². The molecular weight excluding hydrogens is 445 g/mol. The molecule has 1 aliphatic carbocycles. The lowest BCUT2D eigenvalue weighted by atomic mass is 9.68. The van der Waals surface area contributed by atoms with E-state index in [-0.39, 0.29) is 36.2 Å². The Balaban J connectivity index is 1.77. The number of halogens is 1. The van der Waals surface area contributed by atoms with Crippen molar-refractivity contribution in [2.24, 2.45) is 11.1 Å². The number of benzene rings is 1. The van der Waals surface area contributed by atoms with Crippen LogP contribution in [0.4, 0.5) is 4.39 Å². The molecule has 3 amide bonds. The van der Waals surface area contributed by atoms with Crippen molar-refractivity contribution >= 4 is 18.2 Å². The monoisotopic (exact) mass is 471 g/mol. The third-order valence-electron chi connectivity index (χ3n) is 7.03. The standard InChI is InChI=1S/C23H26FN5O5/c1-13-9-14(3-4-15(13)24)10-26-18(31)16-17(34-2)19(32)29-11-22(20(25)33)5-7-23(8-6-22,27-12-30)21(29)28-16/h3-4,9,12H,5-8,10-11H2,1-2H3,(H2,25,33)(H,26,31)(H,27,30). The lowest BCUT2D eigenvalue weighted by molar-refractivity contribution is -0.130. The number of aromatic nitrogens is 2. The van der Waals surface area contributed by atoms with Gasteiger partial charge in [0, 0.05) is 13.1 Å². The molecule has 11 heteroatoms. The molecular formula is C23H26FN5O5. The number of methoxy groups -OCH3 is 1. The van der Waals surface area contributed by atoms with Gasteiger partial charge in [0.05, 0.1) is 18.1 Å². The normalized spacial score (nSPS) is 22.9. The van der Waals surface area contributed by atoms with Gasteiger partial charge < -0.3 is 21.1 Å². The molecule has 3 heterocycles. The smallest absolute Gasteiger partial charge is 0.296 e. The molecule has 1 aromatic carbocycles. The molecule has 0 radical (unpaired) electrons. The number of hydrogen-bond donors (Lipinski definition) is 3. The zero-order valence-electron chi connectivity index (χ0n) is 18.9. The number of carbonyl (C=O) groups is 3. The summed E-state index contributed by atoms with van der Waals surface area (Å²) in [6.45, 7) is 1.68. The molecule has 180 valence electrons. The molecule has 1 saturated carbocycles. The predicted molar refractivity (Wildman–Crippen MR) is 118 cm³/mol. The van der Waals surface area contributed by atoms with Crippen molar-refractivity contribution in [3.05, 3.63) is 57.0 Å². The molecule has 1 aromatic heterocycles. The predicted octanol–water partition coefficient (Wildman–Crippen LogP) is 0.630. The van der Waals surface area contributed by atoms with Gasteiger partial charge in [-0.1, -0.05) is 12.1 Å². The molecule has 1 fully saturated rings. The number of rotatable bonds is 7. The Morgan fingerprint density at radius 1 is 1.29 bits per heavy atom. The fourth-order valence-corrected chi connectivity index (χ4v) is 4.96. The molecule has 0 unspecified atom stereocenters. The first-order valence-corrected chi connectivity index (χ1v) is 10.9. The zero-order valence-corrected chi connectivity index (χ0v) is 18.9. The fraction of sp³-hybridized carbons (Fsp3) is 0.435. The first kappa shape index (κ1) is 23.4. The number of nitrogens with zero attached hydrogens (tertiary/aromatic N) is 2. The summed E-state index contributed by atoms with van der Waals surface area (Å²) in [6, 6.07) is 4.46. The maximum absolute atomic E-state index is 13.5. The Hall–Kier alpha value is -3.76. The van der Waals surface area contributed by atoms with E-state index in [4.69, 9.17) is 10.5 Å². The highest BCUT2D eigenvalue weighted by Crippen LogP contribution is 2.49. The summed E-state index contributed by atoms with van der Waals surface area (Å²) in [6.07, 6.45) is 1.92. The Labute approximate surface area is 194 Å². The van der Waals surface area contributed by atoms with Crippen molar-refractivity contribution < 1.29 is 23.5 Å². The molecule has 4 N–H and O–H groups in total. The molecule has 5 rings (SSSR count). The van der Waals surface area contributed by atoms with Crippen molar-refractivity contribution in [1.82, 2.24) is 20.2 Å². The lowest BCUT2D eigenvalue weighted by Crippen LogP contribution is -2.49. The number of hydrogen-bond acceptors (Lipinski definition) is 6. The van der Waals surface area contributed by atoms with E-state index >= 15 is 0 Å². The summed E-state index contributed by atoms with van der Waals surface area (Å²) in [4.78, 5) is 54.8. The first-order valence-electron chi connectivity index (χ1n) is 10.9. The van der Waals surface area contributed by atoms with E-state index in [0.717, 1.165) is 0 Å². The first-order chi connectivity index (χ1) is 16.2. The fourth-order valence-electron chi connectivity index (χ4n) is 4.96. The van der Waals surface area contributed by atoms with Crippen LogP contribution in [0.1, 0.15) is 53.1 Å². The van der Waals surface area contributed by atoms with E-state index in [0.29, 0.717) is 43.2 Å². The highest BCUT2D eigenvalue weighted by molar-refractivity contribution is 5.94. The van der Waals surface area contributed by atoms with Crippen LogP contribution in [0.15, 0.2) is 23.0 Å². The molecule has 2 aromatic rings. The maximum Gasteiger partial charge on any atom is 0.296 e. The minimum Gasteiger partial charge on any atom is -0.489 e. The number of nitrogens with two attached hydrogens (primary N) is 1. The topological polar surface area (TPSA) is 145 Å². The minimum atomic E-state index is -1.02. The van der Waals surface area contributed by atoms with E-state index in [1.807, 2.05) is 0 Å². The minimum absolute atomic E-state index is 0.0150. The Kier molecular flexibility index (Phi) is 5.88. The van der Waals surface area contributed by atoms with E-state index in [1.54, 1.807) is 19.1 Å². The van der Waals surface area contributed by atoms with Gasteiger partial charge in [0.1, 0.15) is 11.6 Å². The van der Waals surface area contributed by atoms with Crippen LogP contribution in [0.5, 0.6) is 5.75 Å². The number of amides is 3. The second-order valence-corrected chi connectivity index (χ2v) is 8.96. The van der Waals surface area contributed by atoms with Crippen molar-refractivity contribution in [3.8, 4) is 5.75 Å². The lowest BCUT2D eigenvalue weighted by Gasteiger charge is -2.39. The number of aryl methyl sites for hydroxylation is 1. The molecule has 0 saturated heterocycles. The van der Waals surface area contributed by atoms with Gasteiger partial charge in [0.25, 0.3) is 11.5 Å². The number of primary amides is 1. The molecule has 0 spiro atoms. The Bertz CT molecular complexity index is 1230. The van der Waals surface area contributed by atoms with Crippen LogP contribution in [0, 0.1) is 18.2 Å². The van der Waals surface area contributed by atoms with Crippen LogP contribution in [0.3, 0.4) is 0 Å². The number of nitrogens with one attached hydrogen (secondary N) is 2. The average Bonchev–Trinajstić information content (AvgIpc) is 3.04. The maximum atomic E-state index is 13.5. The van der Waals surface area contributed by atoms with Crippen LogP contribution in [-0.2, 0) is 28.2 Å². The summed E-state index contributed by atoms with van der Waals surface area (Å²) >= 11 is 0. The molecule has 0 atom stereocenters. The van der Waals surface area contributed by atoms with Gasteiger partial charge in [0.15, 0.2) is 5.69 Å². The van der Waals surface area contributed by atoms with Gasteiger partial charge in [-0.2, -0.15) is 0 Å². The SMILES string of the molecule is COc1c(C(=O)NCc2ccc(F)c(C)c2)nc2n(c1=O)CC1(C(N)=O)CCC2(NC=O)CC1. The van der Waals surface area contributed by atoms with Gasteiger partial charge in [-0.3, -0.25) is 23.7 Å². The summed E-state index contributed by atoms with van der Waals surface area (Å²) in [5, 5.41) is 5.46. The van der Waals surface area contributed by atoms with Crippen LogP contribution >= 0.6 is 0 Å². The van der Waals surface area contributed by atoms with Crippen molar-refractivity contribution in [3.63, 3.8) is 0 Å². The third kappa shape index (κ3) is 3.70. The van der Waals surface area contributed by atoms with Gasteiger partial charge in [-0.05, 0) is 49.8 Å². The van der Waals surface area contributed by atoms with Crippen LogP contribution in [0.2, 0.25) is 0 Å². The molecule has 2 bridgehead atoms. The largest absolute Gasteiger partial charge is 0.489 e. The van der Waals surface area contributed by atoms with Crippen LogP contribution in [0.25, 0.3) is 0 Å². The summed E-state index contributed by atoms with van der Waals surface area (Å²) in [7, 11) is 1.25. The summed E-state index contributed by atoms with van der Waals surface area (Å²) in [5.74, 6) is -1.63. The molecule has 3 aliphatic rings. The molecule has 2 aliphatic heterocycles. The molecule has 10 nitrogen and oxygen atoms in total. The van der Waals surface area contributed by atoms with Gasteiger partial charge in [-0.15, -0.1) is 0 Å². The third-order valence-corrected chi connectivity index (χ3v) is 7.03. The molecule has 34 heavy (non-hydrogen) atoms. The van der Waals surface area contributed by atoms with E-state index in [9.17, 15) is 23.6 Å². The Morgan fingerprint density at radius 3 is 2.59 bits per heavy atom. The van der Waals surface area contributed by atoms with E-state index < -0.39 is 28.3 Å². The number of fused-ring (bicyclic) bond motifs is 2. The van der Waals surface area contributed by atoms with Crippen molar-refractivity contribution in [1.29, 1.82) is 0 Å². The Morgan fingerprint density at radius 2 is 2.00 bits per heavy atom. The average molecular weight is 471 g/mol. The second-order valence-electron chi connectivity index (χ2n) is 8.96. The zero-order chi connectivity index (χ0) is 24.7. The number of carbonyl (C=O) groups excluding carboxylic acids is 3. The van der Waals surface area contributed by atoms with Gasteiger partial charge >= 0.3 is 0 Å². The quantitative estimate of drug-likeness (QED) is 0.505. The second kappa shape index (κ2) is 8.54. The summed E-state index contributed by atoms with van der Waals surface area (Å²) in [5.41, 5.74) is 3.96. The highest BCUT2D eigenvalue weighted by Gasteiger charge is 2.53.